The van der Waals surface area contributed by atoms with Crippen LogP contribution in [0, 0.1) is 0 Å². The van der Waals surface area contributed by atoms with Gasteiger partial charge in [0, 0.05) is 10.6 Å². The lowest BCUT2D eigenvalue weighted by Gasteiger charge is -2.18. The Morgan fingerprint density at radius 1 is 1.38 bits per heavy atom. The van der Waals surface area contributed by atoms with E-state index in [9.17, 15) is 9.59 Å². The first-order chi connectivity index (χ1) is 7.45. The second-order valence-corrected chi connectivity index (χ2v) is 4.60. The molecule has 16 heavy (non-hydrogen) atoms. The Labute approximate surface area is 95.3 Å². The number of benzene rings is 1. The molecule has 0 amide bonds. The zero-order chi connectivity index (χ0) is 11.9. The molecule has 0 aromatic heterocycles. The van der Waals surface area contributed by atoms with E-state index in [4.69, 9.17) is 15.9 Å². The predicted molar refractivity (Wildman–Crippen MR) is 57.6 cm³/mol. The summed E-state index contributed by atoms with van der Waals surface area (Å²) in [5.41, 5.74) is 4.99. The van der Waals surface area contributed by atoms with E-state index in [1.807, 2.05) is 0 Å². The van der Waals surface area contributed by atoms with Crippen molar-refractivity contribution in [2.24, 2.45) is 5.73 Å². The minimum absolute atomic E-state index is 0.140. The molecule has 0 aliphatic carbocycles. The summed E-state index contributed by atoms with van der Waals surface area (Å²) in [5, 5.41) is 17.8. The molecule has 5 nitrogen and oxygen atoms in total. The van der Waals surface area contributed by atoms with E-state index in [1.165, 1.54) is 30.0 Å². The number of carboxylic acids is 2. The average molecular weight is 239 g/mol. The minimum Gasteiger partial charge on any atom is -0.480 e. The van der Waals surface area contributed by atoms with Crippen molar-refractivity contribution in [2.75, 3.05) is 5.75 Å². The third-order valence-electron chi connectivity index (χ3n) is 2.55. The van der Waals surface area contributed by atoms with Crippen molar-refractivity contribution < 1.29 is 19.8 Å². The molecule has 0 saturated carbocycles. The lowest BCUT2D eigenvalue weighted by Crippen LogP contribution is -2.45. The number of nitrogens with two attached hydrogens (primary N) is 1. The molecule has 1 heterocycles. The highest BCUT2D eigenvalue weighted by molar-refractivity contribution is 7.99. The van der Waals surface area contributed by atoms with E-state index >= 15 is 0 Å². The van der Waals surface area contributed by atoms with Gasteiger partial charge in [-0.05, 0) is 17.7 Å². The Kier molecular flexibility index (Phi) is 2.40. The molecule has 0 bridgehead atoms. The Balaban J connectivity index is 2.51. The Morgan fingerprint density at radius 2 is 2.06 bits per heavy atom. The number of hydrogen-bond donors (Lipinski definition) is 3. The van der Waals surface area contributed by atoms with Gasteiger partial charge in [-0.3, -0.25) is 0 Å². The monoisotopic (exact) mass is 239 g/mol. The molecule has 1 aliphatic heterocycles. The third kappa shape index (κ3) is 1.46. The fraction of sp³-hybridized carbons (Fsp3) is 0.200. The minimum atomic E-state index is -1.41. The maximum atomic E-state index is 11.1. The average Bonchev–Trinajstić information content (AvgIpc) is 2.57. The van der Waals surface area contributed by atoms with Crippen LogP contribution in [-0.2, 0) is 10.3 Å². The second-order valence-electron chi connectivity index (χ2n) is 3.58. The number of aromatic carboxylic acids is 1. The number of carbonyl (C=O) groups is 2. The molecule has 1 aliphatic rings. The van der Waals surface area contributed by atoms with Crippen molar-refractivity contribution >= 4 is 23.7 Å². The number of aliphatic carboxylic acids is 1. The maximum absolute atomic E-state index is 11.1. The van der Waals surface area contributed by atoms with E-state index in [1.54, 1.807) is 0 Å². The lowest BCUT2D eigenvalue weighted by atomic mass is 9.93. The highest BCUT2D eigenvalue weighted by Gasteiger charge is 2.42. The standard InChI is InChI=1S/C10H9NO4S/c11-10(9(14)15)4-16-7-3-5(8(12)13)1-2-6(7)10/h1-3H,4,11H2,(H,12,13)(H,14,15). The lowest BCUT2D eigenvalue weighted by molar-refractivity contribution is -0.142. The fourth-order valence-corrected chi connectivity index (χ4v) is 2.87. The molecule has 84 valence electrons. The first-order valence-corrected chi connectivity index (χ1v) is 5.46. The summed E-state index contributed by atoms with van der Waals surface area (Å²) in [6, 6.07) is 4.31. The van der Waals surface area contributed by atoms with Crippen LogP contribution in [0.25, 0.3) is 0 Å². The number of hydrogen-bond acceptors (Lipinski definition) is 4. The van der Waals surface area contributed by atoms with E-state index in [0.717, 1.165) is 0 Å². The molecule has 4 N–H and O–H groups in total. The van der Waals surface area contributed by atoms with Crippen LogP contribution >= 0.6 is 11.8 Å². The van der Waals surface area contributed by atoms with Crippen molar-refractivity contribution in [3.63, 3.8) is 0 Å². The van der Waals surface area contributed by atoms with Gasteiger partial charge in [0.25, 0.3) is 0 Å². The van der Waals surface area contributed by atoms with Crippen molar-refractivity contribution in [3.8, 4) is 0 Å². The second kappa shape index (κ2) is 3.50. The van der Waals surface area contributed by atoms with E-state index in [2.05, 4.69) is 0 Å². The van der Waals surface area contributed by atoms with Gasteiger partial charge in [-0.2, -0.15) is 0 Å². The van der Waals surface area contributed by atoms with Gasteiger partial charge in [0.1, 0.15) is 0 Å². The van der Waals surface area contributed by atoms with Gasteiger partial charge in [-0.25, -0.2) is 9.59 Å². The first kappa shape index (κ1) is 11.0. The molecule has 0 spiro atoms. The van der Waals surface area contributed by atoms with Crippen LogP contribution in [0.3, 0.4) is 0 Å². The van der Waals surface area contributed by atoms with Gasteiger partial charge in [0.2, 0.25) is 0 Å². The van der Waals surface area contributed by atoms with Crippen LogP contribution in [0.4, 0.5) is 0 Å². The summed E-state index contributed by atoms with van der Waals surface area (Å²) in [6.07, 6.45) is 0. The highest BCUT2D eigenvalue weighted by Crippen LogP contribution is 2.41. The number of rotatable bonds is 2. The van der Waals surface area contributed by atoms with Gasteiger partial charge in [-0.15, -0.1) is 11.8 Å². The molecular formula is C10H9NO4S. The van der Waals surface area contributed by atoms with Crippen LogP contribution in [-0.4, -0.2) is 27.9 Å². The molecule has 6 heteroatoms. The summed E-state index contributed by atoms with van der Waals surface area (Å²) in [7, 11) is 0. The number of thioether (sulfide) groups is 1. The molecule has 0 saturated heterocycles. The van der Waals surface area contributed by atoms with Gasteiger partial charge in [-0.1, -0.05) is 6.07 Å². The summed E-state index contributed by atoms with van der Waals surface area (Å²) in [6.45, 7) is 0. The van der Waals surface area contributed by atoms with E-state index < -0.39 is 17.5 Å². The SMILES string of the molecule is NC1(C(=O)O)CSc2cc(C(=O)O)ccc21. The molecule has 2 rings (SSSR count). The van der Waals surface area contributed by atoms with E-state index in [0.29, 0.717) is 10.5 Å². The molecule has 0 fully saturated rings. The van der Waals surface area contributed by atoms with Gasteiger partial charge < -0.3 is 15.9 Å². The summed E-state index contributed by atoms with van der Waals surface area (Å²) in [5.74, 6) is -1.91. The normalized spacial score (nSPS) is 22.8. The fourth-order valence-electron chi connectivity index (χ4n) is 1.59. The summed E-state index contributed by atoms with van der Waals surface area (Å²) in [4.78, 5) is 22.4. The summed E-state index contributed by atoms with van der Waals surface area (Å²) >= 11 is 1.27. The van der Waals surface area contributed by atoms with Crippen molar-refractivity contribution in [1.29, 1.82) is 0 Å². The Morgan fingerprint density at radius 3 is 2.62 bits per heavy atom. The van der Waals surface area contributed by atoms with Crippen molar-refractivity contribution in [1.82, 2.24) is 0 Å². The largest absolute Gasteiger partial charge is 0.480 e. The maximum Gasteiger partial charge on any atom is 0.335 e. The summed E-state index contributed by atoms with van der Waals surface area (Å²) < 4.78 is 0. The van der Waals surface area contributed by atoms with Crippen LogP contribution in [0.5, 0.6) is 0 Å². The van der Waals surface area contributed by atoms with Crippen molar-refractivity contribution in [2.45, 2.75) is 10.4 Å². The molecule has 1 aromatic carbocycles. The van der Waals surface area contributed by atoms with Gasteiger partial charge >= 0.3 is 11.9 Å². The van der Waals surface area contributed by atoms with Gasteiger partial charge in [0.15, 0.2) is 5.54 Å². The van der Waals surface area contributed by atoms with Crippen LogP contribution < -0.4 is 5.73 Å². The Bertz CT molecular complexity index is 488. The smallest absolute Gasteiger partial charge is 0.335 e. The highest BCUT2D eigenvalue weighted by atomic mass is 32.2. The first-order valence-electron chi connectivity index (χ1n) is 4.48. The molecule has 1 aromatic rings. The molecule has 0 radical (unpaired) electrons. The molecule has 1 unspecified atom stereocenters. The van der Waals surface area contributed by atoms with Crippen LogP contribution in [0.15, 0.2) is 23.1 Å². The van der Waals surface area contributed by atoms with Gasteiger partial charge in [0.05, 0.1) is 5.56 Å². The third-order valence-corrected chi connectivity index (χ3v) is 3.79. The molecule has 1 atom stereocenters. The topological polar surface area (TPSA) is 101 Å². The Hall–Kier alpha value is -1.53. The zero-order valence-corrected chi connectivity index (χ0v) is 8.95. The quantitative estimate of drug-likeness (QED) is 0.703. The zero-order valence-electron chi connectivity index (χ0n) is 8.14. The van der Waals surface area contributed by atoms with Crippen LogP contribution in [0.2, 0.25) is 0 Å². The van der Waals surface area contributed by atoms with Crippen molar-refractivity contribution in [3.05, 3.63) is 29.3 Å². The number of carboxylic acid groups (broad SMARTS) is 2. The molecular weight excluding hydrogens is 230 g/mol. The van der Waals surface area contributed by atoms with Crippen LogP contribution in [0.1, 0.15) is 15.9 Å². The predicted octanol–water partition coefficient (Wildman–Crippen LogP) is 0.729. The van der Waals surface area contributed by atoms with E-state index in [-0.39, 0.29) is 11.3 Å². The number of fused-ring (bicyclic) bond motifs is 1.